The van der Waals surface area contributed by atoms with Gasteiger partial charge in [-0.25, -0.2) is 9.37 Å². The van der Waals surface area contributed by atoms with E-state index in [0.29, 0.717) is 44.9 Å². The highest BCUT2D eigenvalue weighted by Crippen LogP contribution is 2.32. The molecule has 8 heteroatoms. The molecule has 23 heavy (non-hydrogen) atoms. The minimum Gasteiger partial charge on any atom is -0.352 e. The number of hydrogen-bond donors (Lipinski definition) is 0. The number of alkyl halides is 3. The van der Waals surface area contributed by atoms with Crippen LogP contribution in [0.15, 0.2) is 12.3 Å². The summed E-state index contributed by atoms with van der Waals surface area (Å²) in [5, 5.41) is 0. The van der Waals surface area contributed by atoms with Crippen molar-refractivity contribution in [3.63, 3.8) is 0 Å². The fourth-order valence-electron chi connectivity index (χ4n) is 2.76. The zero-order valence-electron chi connectivity index (χ0n) is 12.4. The summed E-state index contributed by atoms with van der Waals surface area (Å²) >= 11 is 0. The van der Waals surface area contributed by atoms with Crippen molar-refractivity contribution in [2.75, 3.05) is 31.1 Å². The van der Waals surface area contributed by atoms with E-state index in [0.717, 1.165) is 12.8 Å². The maximum Gasteiger partial charge on any atom is 0.417 e. The van der Waals surface area contributed by atoms with Crippen molar-refractivity contribution in [1.29, 1.82) is 0 Å². The first-order chi connectivity index (χ1) is 10.9. The molecule has 1 aromatic rings. The van der Waals surface area contributed by atoms with E-state index in [9.17, 15) is 22.4 Å². The number of aromatic nitrogens is 1. The highest BCUT2D eigenvalue weighted by Gasteiger charge is 2.35. The van der Waals surface area contributed by atoms with Gasteiger partial charge in [0.15, 0.2) is 11.6 Å². The Morgan fingerprint density at radius 1 is 1.17 bits per heavy atom. The molecule has 1 aliphatic carbocycles. The maximum atomic E-state index is 14.0. The normalized spacial score (nSPS) is 19.7. The van der Waals surface area contributed by atoms with Gasteiger partial charge in [-0.15, -0.1) is 0 Å². The van der Waals surface area contributed by atoms with E-state index in [2.05, 4.69) is 4.98 Å². The second kappa shape index (κ2) is 5.98. The molecule has 4 nitrogen and oxygen atoms in total. The van der Waals surface area contributed by atoms with Gasteiger partial charge in [0.05, 0.1) is 5.56 Å². The Balaban J connectivity index is 1.71. The van der Waals surface area contributed by atoms with Crippen LogP contribution in [0.4, 0.5) is 23.4 Å². The molecule has 1 amide bonds. The average Bonchev–Trinajstić information content (AvgIpc) is 3.32. The Morgan fingerprint density at radius 2 is 1.91 bits per heavy atom. The van der Waals surface area contributed by atoms with Gasteiger partial charge in [-0.1, -0.05) is 0 Å². The first-order valence-electron chi connectivity index (χ1n) is 7.63. The van der Waals surface area contributed by atoms with Crippen LogP contribution in [0, 0.1) is 11.7 Å². The minimum absolute atomic E-state index is 0.0845. The van der Waals surface area contributed by atoms with Gasteiger partial charge in [0.2, 0.25) is 5.91 Å². The van der Waals surface area contributed by atoms with Crippen LogP contribution < -0.4 is 4.90 Å². The molecular weight excluding hydrogens is 314 g/mol. The lowest BCUT2D eigenvalue weighted by Gasteiger charge is -2.23. The third-order valence-electron chi connectivity index (χ3n) is 4.18. The van der Waals surface area contributed by atoms with Crippen molar-refractivity contribution in [2.45, 2.75) is 25.4 Å². The van der Waals surface area contributed by atoms with Crippen molar-refractivity contribution in [3.8, 4) is 0 Å². The molecule has 2 aliphatic rings. The molecule has 126 valence electrons. The van der Waals surface area contributed by atoms with Crippen molar-refractivity contribution in [2.24, 2.45) is 5.92 Å². The Bertz CT molecular complexity index is 601. The van der Waals surface area contributed by atoms with Crippen LogP contribution in [-0.4, -0.2) is 42.0 Å². The van der Waals surface area contributed by atoms with E-state index in [-0.39, 0.29) is 17.6 Å². The predicted molar refractivity (Wildman–Crippen MR) is 75.3 cm³/mol. The first kappa shape index (κ1) is 16.0. The number of nitrogens with zero attached hydrogens (tertiary/aromatic N) is 3. The number of halogens is 4. The van der Waals surface area contributed by atoms with E-state index in [1.165, 1.54) is 0 Å². The molecule has 0 bridgehead atoms. The van der Waals surface area contributed by atoms with E-state index in [4.69, 9.17) is 0 Å². The van der Waals surface area contributed by atoms with E-state index in [1.807, 2.05) is 0 Å². The van der Waals surface area contributed by atoms with Crippen LogP contribution in [0.3, 0.4) is 0 Å². The molecule has 0 unspecified atom stereocenters. The lowest BCUT2D eigenvalue weighted by atomic mass is 10.2. The highest BCUT2D eigenvalue weighted by atomic mass is 19.4. The summed E-state index contributed by atoms with van der Waals surface area (Å²) in [7, 11) is 0. The summed E-state index contributed by atoms with van der Waals surface area (Å²) in [6.07, 6.45) is -1.47. The molecule has 2 heterocycles. The maximum absolute atomic E-state index is 14.0. The number of pyridine rings is 1. The van der Waals surface area contributed by atoms with Crippen molar-refractivity contribution >= 4 is 11.7 Å². The van der Waals surface area contributed by atoms with E-state index < -0.39 is 17.6 Å². The van der Waals surface area contributed by atoms with Gasteiger partial charge in [0.1, 0.15) is 0 Å². The van der Waals surface area contributed by atoms with E-state index >= 15 is 0 Å². The molecule has 0 N–H and O–H groups in total. The van der Waals surface area contributed by atoms with Crippen molar-refractivity contribution in [1.82, 2.24) is 9.88 Å². The summed E-state index contributed by atoms with van der Waals surface area (Å²) in [5.41, 5.74) is -1.10. The molecule has 0 aromatic carbocycles. The van der Waals surface area contributed by atoms with Gasteiger partial charge < -0.3 is 9.80 Å². The average molecular weight is 331 g/mol. The summed E-state index contributed by atoms with van der Waals surface area (Å²) < 4.78 is 51.7. The first-order valence-corrected chi connectivity index (χ1v) is 7.63. The predicted octanol–water partition coefficient (Wildman–Crippen LogP) is 2.69. The molecule has 0 spiro atoms. The number of carbonyl (C=O) groups is 1. The fraction of sp³-hybridized carbons (Fsp3) is 0.600. The largest absolute Gasteiger partial charge is 0.417 e. The third-order valence-corrected chi connectivity index (χ3v) is 4.18. The highest BCUT2D eigenvalue weighted by molar-refractivity contribution is 5.81. The molecule has 1 aliphatic heterocycles. The number of hydrogen-bond acceptors (Lipinski definition) is 3. The molecule has 0 atom stereocenters. The summed E-state index contributed by atoms with van der Waals surface area (Å²) in [6, 6.07) is 0.473. The van der Waals surface area contributed by atoms with Crippen LogP contribution >= 0.6 is 0 Å². The van der Waals surface area contributed by atoms with Crippen LogP contribution in [0.1, 0.15) is 24.8 Å². The SMILES string of the molecule is O=C(C1CC1)N1CCCN(c2ncc(C(F)(F)F)cc2F)CC1. The quantitative estimate of drug-likeness (QED) is 0.782. The van der Waals surface area contributed by atoms with Crippen LogP contribution in [0.2, 0.25) is 0 Å². The van der Waals surface area contributed by atoms with Crippen molar-refractivity contribution in [3.05, 3.63) is 23.6 Å². The number of amides is 1. The van der Waals surface area contributed by atoms with Gasteiger partial charge >= 0.3 is 6.18 Å². The van der Waals surface area contributed by atoms with Gasteiger partial charge in [-0.05, 0) is 25.3 Å². The smallest absolute Gasteiger partial charge is 0.352 e. The Kier molecular flexibility index (Phi) is 4.16. The zero-order valence-corrected chi connectivity index (χ0v) is 12.4. The number of carbonyl (C=O) groups excluding carboxylic acids is 1. The Labute approximate surface area is 131 Å². The topological polar surface area (TPSA) is 36.4 Å². The lowest BCUT2D eigenvalue weighted by Crippen LogP contribution is -2.36. The summed E-state index contributed by atoms with van der Waals surface area (Å²) in [6.45, 7) is 1.86. The second-order valence-electron chi connectivity index (χ2n) is 5.97. The standard InChI is InChI=1S/C15H17F4N3O/c16-12-8-11(15(17,18)19)9-20-13(12)21-4-1-5-22(7-6-21)14(23)10-2-3-10/h8-10H,1-7H2. The second-order valence-corrected chi connectivity index (χ2v) is 5.97. The van der Waals surface area contributed by atoms with Crippen LogP contribution in [-0.2, 0) is 11.0 Å². The Hall–Kier alpha value is -1.86. The molecule has 3 rings (SSSR count). The van der Waals surface area contributed by atoms with Gasteiger partial charge in [0.25, 0.3) is 0 Å². The molecule has 1 saturated heterocycles. The van der Waals surface area contributed by atoms with Crippen LogP contribution in [0.25, 0.3) is 0 Å². The summed E-state index contributed by atoms with van der Waals surface area (Å²) in [4.78, 5) is 19.1. The van der Waals surface area contributed by atoms with Gasteiger partial charge in [0, 0.05) is 38.3 Å². The van der Waals surface area contributed by atoms with Crippen LogP contribution in [0.5, 0.6) is 0 Å². The number of rotatable bonds is 2. The molecule has 2 fully saturated rings. The van der Waals surface area contributed by atoms with Gasteiger partial charge in [-0.2, -0.15) is 13.2 Å². The fourth-order valence-corrected chi connectivity index (χ4v) is 2.76. The zero-order chi connectivity index (χ0) is 16.6. The molecular formula is C15H17F4N3O. The van der Waals surface area contributed by atoms with E-state index in [1.54, 1.807) is 9.80 Å². The van der Waals surface area contributed by atoms with Crippen molar-refractivity contribution < 1.29 is 22.4 Å². The summed E-state index contributed by atoms with van der Waals surface area (Å²) in [5.74, 6) is -0.810. The Morgan fingerprint density at radius 3 is 2.52 bits per heavy atom. The lowest BCUT2D eigenvalue weighted by molar-refractivity contribution is -0.138. The minimum atomic E-state index is -4.61. The monoisotopic (exact) mass is 331 g/mol. The molecule has 1 aromatic heterocycles. The number of anilines is 1. The molecule has 1 saturated carbocycles. The third kappa shape index (κ3) is 3.56. The molecule has 0 radical (unpaired) electrons. The van der Waals surface area contributed by atoms with Gasteiger partial charge in [-0.3, -0.25) is 4.79 Å².